The van der Waals surface area contributed by atoms with E-state index in [1.165, 1.54) is 6.92 Å². The van der Waals surface area contributed by atoms with Crippen molar-refractivity contribution in [2.75, 3.05) is 19.5 Å². The molecule has 0 fully saturated rings. The zero-order valence-electron chi connectivity index (χ0n) is 11.8. The molecule has 112 valence electrons. The zero-order valence-corrected chi connectivity index (χ0v) is 12.6. The van der Waals surface area contributed by atoms with E-state index >= 15 is 0 Å². The maximum Gasteiger partial charge on any atom is 0.302 e. The van der Waals surface area contributed by atoms with E-state index in [-0.39, 0.29) is 12.6 Å². The number of unbranched alkanes of at least 4 members (excludes halogenated alkanes) is 4. The molecule has 0 aliphatic heterocycles. The SMILES string of the molecule is CC(=O)OCCCCCCC=CCCOS(C)(=O)=O. The van der Waals surface area contributed by atoms with Crippen LogP contribution in [-0.4, -0.2) is 33.9 Å². The third-order valence-electron chi connectivity index (χ3n) is 2.32. The van der Waals surface area contributed by atoms with Crippen LogP contribution in [0, 0.1) is 0 Å². The molecular weight excluding hydrogens is 268 g/mol. The zero-order chi connectivity index (χ0) is 14.6. The molecule has 0 aromatic rings. The second kappa shape index (κ2) is 11.0. The van der Waals surface area contributed by atoms with Gasteiger partial charge in [-0.3, -0.25) is 8.98 Å². The second-order valence-electron chi connectivity index (χ2n) is 4.33. The lowest BCUT2D eigenvalue weighted by Gasteiger charge is -2.01. The van der Waals surface area contributed by atoms with Crippen LogP contribution >= 0.6 is 0 Å². The Morgan fingerprint density at radius 1 is 1.00 bits per heavy atom. The number of hydrogen-bond donors (Lipinski definition) is 0. The van der Waals surface area contributed by atoms with Crippen LogP contribution in [0.5, 0.6) is 0 Å². The minimum absolute atomic E-state index is 0.206. The Hall–Kier alpha value is -0.880. The van der Waals surface area contributed by atoms with Crippen LogP contribution in [0.1, 0.15) is 45.4 Å². The van der Waals surface area contributed by atoms with E-state index in [9.17, 15) is 13.2 Å². The van der Waals surface area contributed by atoms with E-state index in [1.54, 1.807) is 0 Å². The van der Waals surface area contributed by atoms with Crippen LogP contribution in [0.15, 0.2) is 12.2 Å². The number of esters is 1. The lowest BCUT2D eigenvalue weighted by atomic mass is 10.1. The molecule has 0 bridgehead atoms. The Kier molecular flexibility index (Phi) is 10.5. The van der Waals surface area contributed by atoms with Gasteiger partial charge in [-0.05, 0) is 25.7 Å². The first-order valence-corrected chi connectivity index (χ1v) is 8.36. The highest BCUT2D eigenvalue weighted by atomic mass is 32.2. The van der Waals surface area contributed by atoms with Crippen molar-refractivity contribution >= 4 is 16.1 Å². The quantitative estimate of drug-likeness (QED) is 0.253. The van der Waals surface area contributed by atoms with Gasteiger partial charge in [-0.15, -0.1) is 0 Å². The predicted octanol–water partition coefficient (Wildman–Crippen LogP) is 2.42. The fraction of sp³-hybridized carbons (Fsp3) is 0.769. The summed E-state index contributed by atoms with van der Waals surface area (Å²) in [5, 5.41) is 0. The first kappa shape index (κ1) is 18.1. The average molecular weight is 292 g/mol. The number of hydrogen-bond acceptors (Lipinski definition) is 5. The molecule has 0 aliphatic carbocycles. The Morgan fingerprint density at radius 2 is 1.63 bits per heavy atom. The topological polar surface area (TPSA) is 69.7 Å². The van der Waals surface area contributed by atoms with Gasteiger partial charge in [-0.25, -0.2) is 0 Å². The molecule has 0 saturated heterocycles. The van der Waals surface area contributed by atoms with Crippen LogP contribution in [0.25, 0.3) is 0 Å². The molecule has 5 nitrogen and oxygen atoms in total. The number of rotatable bonds is 11. The summed E-state index contributed by atoms with van der Waals surface area (Å²) in [6.07, 6.45) is 10.8. The van der Waals surface area contributed by atoms with Gasteiger partial charge in [0.2, 0.25) is 0 Å². The number of carbonyl (C=O) groups excluding carboxylic acids is 1. The van der Waals surface area contributed by atoms with Crippen molar-refractivity contribution < 1.29 is 22.1 Å². The van der Waals surface area contributed by atoms with Gasteiger partial charge in [0.1, 0.15) is 0 Å². The molecule has 0 rings (SSSR count). The summed E-state index contributed by atoms with van der Waals surface area (Å²) in [6.45, 7) is 2.13. The van der Waals surface area contributed by atoms with Crippen molar-refractivity contribution in [2.45, 2.75) is 45.4 Å². The van der Waals surface area contributed by atoms with Crippen LogP contribution in [-0.2, 0) is 23.8 Å². The summed E-state index contributed by atoms with van der Waals surface area (Å²) < 4.78 is 30.7. The largest absolute Gasteiger partial charge is 0.466 e. The van der Waals surface area contributed by atoms with Gasteiger partial charge < -0.3 is 4.74 Å². The minimum atomic E-state index is -3.31. The molecule has 0 heterocycles. The monoisotopic (exact) mass is 292 g/mol. The fourth-order valence-electron chi connectivity index (χ4n) is 1.44. The highest BCUT2D eigenvalue weighted by Gasteiger charge is 1.98. The van der Waals surface area contributed by atoms with E-state index in [4.69, 9.17) is 4.74 Å². The number of ether oxygens (including phenoxy) is 1. The van der Waals surface area contributed by atoms with Crippen molar-refractivity contribution in [3.8, 4) is 0 Å². The molecule has 0 atom stereocenters. The van der Waals surface area contributed by atoms with Gasteiger partial charge in [-0.1, -0.05) is 25.0 Å². The Labute approximate surface area is 116 Å². The lowest BCUT2D eigenvalue weighted by Crippen LogP contribution is -2.03. The molecule has 19 heavy (non-hydrogen) atoms. The van der Waals surface area contributed by atoms with E-state index in [1.807, 2.05) is 12.2 Å². The normalized spacial score (nSPS) is 11.9. The van der Waals surface area contributed by atoms with E-state index in [0.29, 0.717) is 13.0 Å². The average Bonchev–Trinajstić information content (AvgIpc) is 2.28. The maximum absolute atomic E-state index is 10.7. The maximum atomic E-state index is 10.7. The molecule has 0 aromatic heterocycles. The summed E-state index contributed by atoms with van der Waals surface area (Å²) in [4.78, 5) is 10.5. The molecule has 0 unspecified atom stereocenters. The highest BCUT2D eigenvalue weighted by molar-refractivity contribution is 7.85. The predicted molar refractivity (Wildman–Crippen MR) is 74.3 cm³/mol. The summed E-state index contributed by atoms with van der Waals surface area (Å²) >= 11 is 0. The third kappa shape index (κ3) is 17.1. The molecule has 0 radical (unpaired) electrons. The van der Waals surface area contributed by atoms with Crippen molar-refractivity contribution in [2.24, 2.45) is 0 Å². The van der Waals surface area contributed by atoms with E-state index in [2.05, 4.69) is 4.18 Å². The van der Waals surface area contributed by atoms with Crippen molar-refractivity contribution in [3.63, 3.8) is 0 Å². The first-order chi connectivity index (χ1) is 8.92. The van der Waals surface area contributed by atoms with Crippen LogP contribution in [0.4, 0.5) is 0 Å². The third-order valence-corrected chi connectivity index (χ3v) is 2.91. The van der Waals surface area contributed by atoms with Crippen molar-refractivity contribution in [1.29, 1.82) is 0 Å². The van der Waals surface area contributed by atoms with Gasteiger partial charge in [0.25, 0.3) is 10.1 Å². The number of carbonyl (C=O) groups is 1. The molecule has 0 spiro atoms. The van der Waals surface area contributed by atoms with Gasteiger partial charge in [0.05, 0.1) is 19.5 Å². The summed E-state index contributed by atoms with van der Waals surface area (Å²) in [7, 11) is -3.31. The molecule has 0 amide bonds. The first-order valence-electron chi connectivity index (χ1n) is 6.54. The summed E-state index contributed by atoms with van der Waals surface area (Å²) in [5.74, 6) is -0.223. The molecule has 0 aliphatic rings. The van der Waals surface area contributed by atoms with Gasteiger partial charge in [-0.2, -0.15) is 8.42 Å². The minimum Gasteiger partial charge on any atom is -0.466 e. The Morgan fingerprint density at radius 3 is 2.26 bits per heavy atom. The second-order valence-corrected chi connectivity index (χ2v) is 5.97. The number of allylic oxidation sites excluding steroid dienone is 1. The lowest BCUT2D eigenvalue weighted by molar-refractivity contribution is -0.141. The molecule has 0 N–H and O–H groups in total. The van der Waals surface area contributed by atoms with Crippen LogP contribution < -0.4 is 0 Å². The van der Waals surface area contributed by atoms with Crippen molar-refractivity contribution in [3.05, 3.63) is 12.2 Å². The van der Waals surface area contributed by atoms with E-state index < -0.39 is 10.1 Å². The van der Waals surface area contributed by atoms with Gasteiger partial charge in [0, 0.05) is 6.92 Å². The fourth-order valence-corrected chi connectivity index (χ4v) is 1.84. The Bertz CT molecular complexity index is 359. The molecule has 0 saturated carbocycles. The molecule has 6 heteroatoms. The smallest absolute Gasteiger partial charge is 0.302 e. The van der Waals surface area contributed by atoms with E-state index in [0.717, 1.165) is 38.4 Å². The van der Waals surface area contributed by atoms with Crippen LogP contribution in [0.3, 0.4) is 0 Å². The molecular formula is C13H24O5S. The van der Waals surface area contributed by atoms with Gasteiger partial charge >= 0.3 is 5.97 Å². The molecule has 0 aromatic carbocycles. The van der Waals surface area contributed by atoms with Crippen LogP contribution in [0.2, 0.25) is 0 Å². The highest BCUT2D eigenvalue weighted by Crippen LogP contribution is 2.04. The van der Waals surface area contributed by atoms with Gasteiger partial charge in [0.15, 0.2) is 0 Å². The Balaban J connectivity index is 3.23. The standard InChI is InChI=1S/C13H24O5S/c1-13(14)17-11-9-7-5-3-4-6-8-10-12-18-19(2,15)16/h6,8H,3-5,7,9-12H2,1-2H3. The summed E-state index contributed by atoms with van der Waals surface area (Å²) in [6, 6.07) is 0. The van der Waals surface area contributed by atoms with Crippen molar-refractivity contribution in [1.82, 2.24) is 0 Å². The summed E-state index contributed by atoms with van der Waals surface area (Å²) in [5.41, 5.74) is 0.